The quantitative estimate of drug-likeness (QED) is 0.579. The molecule has 0 aromatic carbocycles. The van der Waals surface area contributed by atoms with E-state index in [-0.39, 0.29) is 6.10 Å². The van der Waals surface area contributed by atoms with Crippen molar-refractivity contribution < 1.29 is 10.2 Å². The smallest absolute Gasteiger partial charge is 0.0512 e. The van der Waals surface area contributed by atoms with Gasteiger partial charge in [0, 0.05) is 6.61 Å². The van der Waals surface area contributed by atoms with Crippen molar-refractivity contribution in [3.05, 3.63) is 0 Å². The van der Waals surface area contributed by atoms with Crippen LogP contribution in [0.4, 0.5) is 0 Å². The van der Waals surface area contributed by atoms with Gasteiger partial charge in [0.1, 0.15) is 0 Å². The molecule has 0 aromatic heterocycles. The van der Waals surface area contributed by atoms with Gasteiger partial charge in [-0.1, -0.05) is 26.2 Å². The molecule has 2 N–H and O–H groups in total. The summed E-state index contributed by atoms with van der Waals surface area (Å²) in [6.45, 7) is 4.30. The van der Waals surface area contributed by atoms with Gasteiger partial charge in [-0.3, -0.25) is 0 Å². The van der Waals surface area contributed by atoms with Crippen LogP contribution in [-0.2, 0) is 0 Å². The molecule has 0 aromatic rings. The van der Waals surface area contributed by atoms with E-state index in [2.05, 4.69) is 6.92 Å². The number of hydrogen-bond acceptors (Lipinski definition) is 2. The van der Waals surface area contributed by atoms with E-state index in [1.54, 1.807) is 0 Å². The van der Waals surface area contributed by atoms with Crippen molar-refractivity contribution in [1.82, 2.24) is 0 Å². The Morgan fingerprint density at radius 2 is 1.58 bits per heavy atom. The molecule has 0 rings (SSSR count). The number of hydrogen-bond donors (Lipinski definition) is 2. The molecule has 12 heavy (non-hydrogen) atoms. The van der Waals surface area contributed by atoms with Crippen LogP contribution in [0, 0.1) is 5.92 Å². The van der Waals surface area contributed by atoms with Gasteiger partial charge in [0.2, 0.25) is 0 Å². The highest BCUT2D eigenvalue weighted by molar-refractivity contribution is 4.54. The Labute approximate surface area is 75.6 Å². The summed E-state index contributed by atoms with van der Waals surface area (Å²) < 4.78 is 0. The van der Waals surface area contributed by atoms with Crippen LogP contribution in [0.5, 0.6) is 0 Å². The van der Waals surface area contributed by atoms with Crippen LogP contribution >= 0.6 is 0 Å². The van der Waals surface area contributed by atoms with Gasteiger partial charge in [-0.15, -0.1) is 0 Å². The Balaban J connectivity index is 3.08. The van der Waals surface area contributed by atoms with Crippen LogP contribution in [-0.4, -0.2) is 22.9 Å². The molecular weight excluding hydrogens is 152 g/mol. The first kappa shape index (κ1) is 11.9. The fraction of sp³-hybridized carbons (Fsp3) is 1.00. The first-order valence-electron chi connectivity index (χ1n) is 4.95. The monoisotopic (exact) mass is 174 g/mol. The van der Waals surface area contributed by atoms with Crippen LogP contribution < -0.4 is 0 Å². The summed E-state index contributed by atoms with van der Waals surface area (Å²) in [6, 6.07) is 0. The van der Waals surface area contributed by atoms with Crippen molar-refractivity contribution in [2.75, 3.05) is 6.61 Å². The highest BCUT2D eigenvalue weighted by Crippen LogP contribution is 2.12. The second-order valence-electron chi connectivity index (χ2n) is 3.75. The van der Waals surface area contributed by atoms with Gasteiger partial charge in [0.05, 0.1) is 6.10 Å². The molecule has 0 saturated carbocycles. The Kier molecular flexibility index (Phi) is 7.51. The molecule has 2 nitrogen and oxygen atoms in total. The Morgan fingerprint density at radius 1 is 1.00 bits per heavy atom. The maximum absolute atomic E-state index is 8.98. The first-order chi connectivity index (χ1) is 5.66. The molecule has 74 valence electrons. The van der Waals surface area contributed by atoms with Gasteiger partial charge in [0.25, 0.3) is 0 Å². The molecule has 0 saturated heterocycles. The van der Waals surface area contributed by atoms with Crippen LogP contribution in [0.1, 0.15) is 46.0 Å². The Bertz CT molecular complexity index is 91.8. The summed E-state index contributed by atoms with van der Waals surface area (Å²) in [5.74, 6) is 0.629. The van der Waals surface area contributed by atoms with Crippen LogP contribution in [0.3, 0.4) is 0 Å². The number of rotatable bonds is 7. The van der Waals surface area contributed by atoms with Crippen molar-refractivity contribution in [2.45, 2.75) is 52.1 Å². The third-order valence-electron chi connectivity index (χ3n) is 2.19. The third-order valence-corrected chi connectivity index (χ3v) is 2.19. The van der Waals surface area contributed by atoms with E-state index in [9.17, 15) is 0 Å². The van der Waals surface area contributed by atoms with E-state index in [1.165, 1.54) is 12.8 Å². The maximum atomic E-state index is 8.98. The average Bonchev–Trinajstić information content (AvgIpc) is 1.98. The van der Waals surface area contributed by atoms with E-state index in [0.717, 1.165) is 19.3 Å². The van der Waals surface area contributed by atoms with E-state index in [1.807, 2.05) is 6.92 Å². The zero-order valence-corrected chi connectivity index (χ0v) is 8.29. The van der Waals surface area contributed by atoms with Crippen LogP contribution in [0.2, 0.25) is 0 Å². The maximum Gasteiger partial charge on any atom is 0.0512 e. The molecule has 0 aliphatic carbocycles. The standard InChI is InChI=1S/C10H22O2/c1-9(7-8-11)5-3-4-6-10(2)12/h9-12H,3-8H2,1-2H3. The summed E-state index contributed by atoms with van der Waals surface area (Å²) >= 11 is 0. The third kappa shape index (κ3) is 8.02. The van der Waals surface area contributed by atoms with Crippen LogP contribution in [0.15, 0.2) is 0 Å². The van der Waals surface area contributed by atoms with E-state index >= 15 is 0 Å². The molecule has 0 bridgehead atoms. The van der Waals surface area contributed by atoms with Gasteiger partial charge in [-0.25, -0.2) is 0 Å². The minimum Gasteiger partial charge on any atom is -0.396 e. The predicted molar refractivity (Wildman–Crippen MR) is 51.0 cm³/mol. The Morgan fingerprint density at radius 3 is 2.08 bits per heavy atom. The molecule has 2 unspecified atom stereocenters. The normalized spacial score (nSPS) is 16.0. The van der Waals surface area contributed by atoms with Gasteiger partial charge in [-0.05, 0) is 25.7 Å². The van der Waals surface area contributed by atoms with Gasteiger partial charge < -0.3 is 10.2 Å². The van der Waals surface area contributed by atoms with Gasteiger partial charge in [-0.2, -0.15) is 0 Å². The van der Waals surface area contributed by atoms with Crippen molar-refractivity contribution in [1.29, 1.82) is 0 Å². The molecule has 0 aliphatic rings. The molecule has 0 radical (unpaired) electrons. The highest BCUT2D eigenvalue weighted by Gasteiger charge is 2.01. The number of aliphatic hydroxyl groups excluding tert-OH is 2. The van der Waals surface area contributed by atoms with Crippen molar-refractivity contribution in [3.63, 3.8) is 0 Å². The molecule has 0 heterocycles. The SMILES string of the molecule is CC(O)CCCCC(C)CCO. The lowest BCUT2D eigenvalue weighted by atomic mass is 10.00. The predicted octanol–water partition coefficient (Wildman–Crippen LogP) is 1.95. The zero-order chi connectivity index (χ0) is 9.40. The second kappa shape index (κ2) is 7.56. The summed E-state index contributed by atoms with van der Waals surface area (Å²) in [7, 11) is 0. The zero-order valence-electron chi connectivity index (χ0n) is 8.29. The topological polar surface area (TPSA) is 40.5 Å². The lowest BCUT2D eigenvalue weighted by molar-refractivity contribution is 0.179. The van der Waals surface area contributed by atoms with Gasteiger partial charge >= 0.3 is 0 Å². The lowest BCUT2D eigenvalue weighted by Gasteiger charge is -2.09. The summed E-state index contributed by atoms with van der Waals surface area (Å²) in [4.78, 5) is 0. The van der Waals surface area contributed by atoms with E-state index in [0.29, 0.717) is 12.5 Å². The second-order valence-corrected chi connectivity index (χ2v) is 3.75. The summed E-state index contributed by atoms with van der Waals surface area (Å²) in [5.41, 5.74) is 0. The molecule has 0 amide bonds. The largest absolute Gasteiger partial charge is 0.396 e. The number of aliphatic hydroxyl groups is 2. The Hall–Kier alpha value is -0.0800. The van der Waals surface area contributed by atoms with Crippen molar-refractivity contribution in [3.8, 4) is 0 Å². The summed E-state index contributed by atoms with van der Waals surface area (Å²) in [6.07, 6.45) is 5.12. The molecule has 0 fully saturated rings. The van der Waals surface area contributed by atoms with E-state index in [4.69, 9.17) is 10.2 Å². The first-order valence-corrected chi connectivity index (χ1v) is 4.95. The lowest BCUT2D eigenvalue weighted by Crippen LogP contribution is -2.01. The van der Waals surface area contributed by atoms with E-state index < -0.39 is 0 Å². The van der Waals surface area contributed by atoms with Crippen LogP contribution in [0.25, 0.3) is 0 Å². The van der Waals surface area contributed by atoms with Crippen molar-refractivity contribution >= 4 is 0 Å². The summed E-state index contributed by atoms with van der Waals surface area (Å²) in [5, 5.41) is 17.6. The molecular formula is C10H22O2. The fourth-order valence-corrected chi connectivity index (χ4v) is 1.30. The minimum atomic E-state index is -0.154. The molecule has 2 atom stereocenters. The minimum absolute atomic E-state index is 0.154. The number of unbranched alkanes of at least 4 members (excludes halogenated alkanes) is 1. The molecule has 0 aliphatic heterocycles. The fourth-order valence-electron chi connectivity index (χ4n) is 1.30. The van der Waals surface area contributed by atoms with Gasteiger partial charge in [0.15, 0.2) is 0 Å². The average molecular weight is 174 g/mol. The molecule has 0 spiro atoms. The highest BCUT2D eigenvalue weighted by atomic mass is 16.3. The molecule has 2 heteroatoms. The van der Waals surface area contributed by atoms with Crippen molar-refractivity contribution in [2.24, 2.45) is 5.92 Å².